The van der Waals surface area contributed by atoms with Crippen LogP contribution in [0.5, 0.6) is 0 Å². The van der Waals surface area contributed by atoms with Crippen LogP contribution < -0.4 is 10.6 Å². The summed E-state index contributed by atoms with van der Waals surface area (Å²) in [7, 11) is 1.62. The van der Waals surface area contributed by atoms with Crippen LogP contribution in [0.3, 0.4) is 0 Å². The molecule has 1 amide bonds. The molecule has 1 aromatic rings. The molecule has 0 fully saturated rings. The van der Waals surface area contributed by atoms with Gasteiger partial charge in [-0.1, -0.05) is 24.3 Å². The summed E-state index contributed by atoms with van der Waals surface area (Å²) in [5.74, 6) is 0.000587. The Balaban J connectivity index is 2.34. The van der Waals surface area contributed by atoms with Crippen LogP contribution in [0.2, 0.25) is 0 Å². The van der Waals surface area contributed by atoms with Crippen molar-refractivity contribution in [1.29, 1.82) is 0 Å². The van der Waals surface area contributed by atoms with Crippen molar-refractivity contribution in [3.8, 4) is 0 Å². The Morgan fingerprint density at radius 3 is 2.78 bits per heavy atom. The average Bonchev–Trinajstić information content (AvgIpc) is 2.37. The predicted molar refractivity (Wildman–Crippen MR) is 72.4 cm³/mol. The van der Waals surface area contributed by atoms with Crippen LogP contribution >= 0.6 is 0 Å². The summed E-state index contributed by atoms with van der Waals surface area (Å²) in [5.41, 5.74) is 2.45. The van der Waals surface area contributed by atoms with E-state index in [2.05, 4.69) is 29.7 Å². The Morgan fingerprint density at radius 2 is 2.11 bits per heavy atom. The molecule has 4 heteroatoms. The van der Waals surface area contributed by atoms with Crippen LogP contribution in [-0.4, -0.2) is 32.2 Å². The molecule has 1 rings (SSSR count). The van der Waals surface area contributed by atoms with E-state index in [4.69, 9.17) is 4.74 Å². The molecule has 2 N–H and O–H groups in total. The molecule has 0 bridgehead atoms. The minimum absolute atomic E-state index is 0.000587. The van der Waals surface area contributed by atoms with E-state index in [-0.39, 0.29) is 11.9 Å². The number of hydrogen-bond acceptors (Lipinski definition) is 3. The molecule has 4 nitrogen and oxygen atoms in total. The van der Waals surface area contributed by atoms with Gasteiger partial charge in [0.05, 0.1) is 12.6 Å². The normalized spacial score (nSPS) is 12.2. The van der Waals surface area contributed by atoms with Crippen molar-refractivity contribution in [3.05, 3.63) is 35.4 Å². The van der Waals surface area contributed by atoms with E-state index in [1.165, 1.54) is 11.1 Å². The number of amides is 1. The minimum Gasteiger partial charge on any atom is -0.383 e. The number of benzene rings is 1. The van der Waals surface area contributed by atoms with Gasteiger partial charge in [0.1, 0.15) is 0 Å². The molecule has 18 heavy (non-hydrogen) atoms. The lowest BCUT2D eigenvalue weighted by molar-refractivity contribution is -0.122. The molecule has 0 radical (unpaired) electrons. The summed E-state index contributed by atoms with van der Waals surface area (Å²) < 4.78 is 4.88. The summed E-state index contributed by atoms with van der Waals surface area (Å²) in [4.78, 5) is 11.7. The van der Waals surface area contributed by atoms with E-state index in [0.29, 0.717) is 19.7 Å². The molecule has 0 saturated heterocycles. The highest BCUT2D eigenvalue weighted by molar-refractivity contribution is 5.81. The number of aryl methyl sites for hydroxylation is 1. The lowest BCUT2D eigenvalue weighted by Gasteiger charge is -2.14. The maximum absolute atomic E-state index is 11.7. The summed E-state index contributed by atoms with van der Waals surface area (Å²) in [6, 6.07) is 7.95. The van der Waals surface area contributed by atoms with Crippen LogP contribution in [0, 0.1) is 6.92 Å². The van der Waals surface area contributed by atoms with Crippen molar-refractivity contribution in [2.75, 3.05) is 20.3 Å². The maximum Gasteiger partial charge on any atom is 0.236 e. The first-order valence-corrected chi connectivity index (χ1v) is 6.19. The highest BCUT2D eigenvalue weighted by Gasteiger charge is 2.11. The van der Waals surface area contributed by atoms with Gasteiger partial charge in [-0.3, -0.25) is 4.79 Å². The zero-order valence-corrected chi connectivity index (χ0v) is 11.3. The molecule has 0 aromatic heterocycles. The van der Waals surface area contributed by atoms with Crippen LogP contribution in [-0.2, 0) is 16.1 Å². The van der Waals surface area contributed by atoms with Gasteiger partial charge in [0.25, 0.3) is 0 Å². The first-order chi connectivity index (χ1) is 8.65. The Labute approximate surface area is 109 Å². The molecule has 100 valence electrons. The quantitative estimate of drug-likeness (QED) is 0.716. The second kappa shape index (κ2) is 7.84. The fourth-order valence-corrected chi connectivity index (χ4v) is 1.59. The van der Waals surface area contributed by atoms with E-state index >= 15 is 0 Å². The van der Waals surface area contributed by atoms with Gasteiger partial charge in [-0.2, -0.15) is 0 Å². The Hall–Kier alpha value is -1.39. The van der Waals surface area contributed by atoms with Crippen LogP contribution in [0.4, 0.5) is 0 Å². The van der Waals surface area contributed by atoms with Gasteiger partial charge in [-0.15, -0.1) is 0 Å². The third-order valence-electron chi connectivity index (χ3n) is 2.86. The topological polar surface area (TPSA) is 50.4 Å². The third-order valence-corrected chi connectivity index (χ3v) is 2.86. The van der Waals surface area contributed by atoms with Crippen molar-refractivity contribution in [2.24, 2.45) is 0 Å². The van der Waals surface area contributed by atoms with Gasteiger partial charge in [0.2, 0.25) is 5.91 Å². The fraction of sp³-hybridized carbons (Fsp3) is 0.500. The molecule has 1 aromatic carbocycles. The summed E-state index contributed by atoms with van der Waals surface area (Å²) >= 11 is 0. The van der Waals surface area contributed by atoms with E-state index in [0.717, 1.165) is 0 Å². The summed E-state index contributed by atoms with van der Waals surface area (Å²) in [6.45, 7) is 5.72. The molecular weight excluding hydrogens is 228 g/mol. The monoisotopic (exact) mass is 250 g/mol. The number of ether oxygens (including phenoxy) is 1. The molecule has 1 unspecified atom stereocenters. The second-order valence-corrected chi connectivity index (χ2v) is 4.31. The van der Waals surface area contributed by atoms with Crippen LogP contribution in [0.1, 0.15) is 18.1 Å². The van der Waals surface area contributed by atoms with E-state index in [1.54, 1.807) is 7.11 Å². The van der Waals surface area contributed by atoms with Crippen molar-refractivity contribution >= 4 is 5.91 Å². The van der Waals surface area contributed by atoms with Gasteiger partial charge in [-0.25, -0.2) is 0 Å². The standard InChI is InChI=1S/C14H22N2O2/c1-11-6-4-5-7-13(11)10-16-12(2)14(17)15-8-9-18-3/h4-7,12,16H,8-10H2,1-3H3,(H,15,17). The van der Waals surface area contributed by atoms with E-state index in [1.807, 2.05) is 19.1 Å². The Morgan fingerprint density at radius 1 is 1.39 bits per heavy atom. The maximum atomic E-state index is 11.7. The fourth-order valence-electron chi connectivity index (χ4n) is 1.59. The zero-order valence-electron chi connectivity index (χ0n) is 11.3. The van der Waals surface area contributed by atoms with Crippen LogP contribution in [0.15, 0.2) is 24.3 Å². The molecule has 0 spiro atoms. The molecule has 0 heterocycles. The lowest BCUT2D eigenvalue weighted by Crippen LogP contribution is -2.42. The van der Waals surface area contributed by atoms with Gasteiger partial charge in [0.15, 0.2) is 0 Å². The minimum atomic E-state index is -0.207. The van der Waals surface area contributed by atoms with Crippen LogP contribution in [0.25, 0.3) is 0 Å². The SMILES string of the molecule is COCCNC(=O)C(C)NCc1ccccc1C. The number of carbonyl (C=O) groups is 1. The number of rotatable bonds is 7. The van der Waals surface area contributed by atoms with Gasteiger partial charge >= 0.3 is 0 Å². The zero-order chi connectivity index (χ0) is 13.4. The second-order valence-electron chi connectivity index (χ2n) is 4.31. The number of methoxy groups -OCH3 is 1. The Bertz CT molecular complexity index is 380. The van der Waals surface area contributed by atoms with Gasteiger partial charge in [0, 0.05) is 20.2 Å². The first kappa shape index (κ1) is 14.7. The Kier molecular flexibility index (Phi) is 6.39. The molecule has 0 saturated carbocycles. The number of hydrogen-bond donors (Lipinski definition) is 2. The highest BCUT2D eigenvalue weighted by Crippen LogP contribution is 2.06. The van der Waals surface area contributed by atoms with E-state index in [9.17, 15) is 4.79 Å². The van der Waals surface area contributed by atoms with Crippen molar-refractivity contribution < 1.29 is 9.53 Å². The lowest BCUT2D eigenvalue weighted by atomic mass is 10.1. The molecule has 0 aliphatic heterocycles. The van der Waals surface area contributed by atoms with E-state index < -0.39 is 0 Å². The molecule has 1 atom stereocenters. The molecule has 0 aliphatic carbocycles. The van der Waals surface area contributed by atoms with Crippen molar-refractivity contribution in [3.63, 3.8) is 0 Å². The van der Waals surface area contributed by atoms with Gasteiger partial charge < -0.3 is 15.4 Å². The molecular formula is C14H22N2O2. The smallest absolute Gasteiger partial charge is 0.236 e. The summed E-state index contributed by atoms with van der Waals surface area (Å²) in [5, 5.41) is 6.02. The van der Waals surface area contributed by atoms with Gasteiger partial charge in [-0.05, 0) is 25.0 Å². The number of nitrogens with one attached hydrogen (secondary N) is 2. The average molecular weight is 250 g/mol. The van der Waals surface area contributed by atoms with Crippen molar-refractivity contribution in [1.82, 2.24) is 10.6 Å². The number of carbonyl (C=O) groups excluding carboxylic acids is 1. The summed E-state index contributed by atoms with van der Waals surface area (Å²) in [6.07, 6.45) is 0. The first-order valence-electron chi connectivity index (χ1n) is 6.19. The largest absolute Gasteiger partial charge is 0.383 e. The predicted octanol–water partition coefficient (Wildman–Crippen LogP) is 1.24. The third kappa shape index (κ3) is 4.85. The van der Waals surface area contributed by atoms with Crippen molar-refractivity contribution in [2.45, 2.75) is 26.4 Å². The highest BCUT2D eigenvalue weighted by atomic mass is 16.5. The molecule has 0 aliphatic rings.